The summed E-state index contributed by atoms with van der Waals surface area (Å²) in [5, 5.41) is 84.1. The van der Waals surface area contributed by atoms with Crippen LogP contribution in [0.3, 0.4) is 0 Å². The maximum absolute atomic E-state index is 10.7. The molecule has 21 N–H and O–H groups in total. The fourth-order valence-corrected chi connectivity index (χ4v) is 13.2. The van der Waals surface area contributed by atoms with Crippen molar-refractivity contribution >= 4 is 119 Å². The first-order valence-electron chi connectivity index (χ1n) is 42.1. The largest absolute Gasteiger partial charge is 0.506 e. The number of rotatable bonds is 46. The number of aliphatic hydroxyl groups is 2. The van der Waals surface area contributed by atoms with E-state index in [9.17, 15) is 25.5 Å². The van der Waals surface area contributed by atoms with Crippen LogP contribution in [-0.4, -0.2) is 284 Å². The van der Waals surface area contributed by atoms with Gasteiger partial charge in [0.2, 0.25) is 0 Å². The van der Waals surface area contributed by atoms with E-state index in [-0.39, 0.29) is 30.5 Å². The first-order chi connectivity index (χ1) is 56.5. The zero-order chi connectivity index (χ0) is 87.9. The fraction of sp³-hybridized carbons (Fsp3) is 0.426. The molecular weight excluding hydrogens is 1500 g/mol. The summed E-state index contributed by atoms with van der Waals surface area (Å²) in [5.41, 5.74) is 35.6. The molecule has 0 heterocycles. The number of quaternary nitrogens is 6. The van der Waals surface area contributed by atoms with Crippen LogP contribution >= 0.6 is 0 Å². The molecule has 0 aliphatic heterocycles. The Morgan fingerprint density at radius 3 is 0.633 bits per heavy atom. The molecule has 26 nitrogen and oxygen atoms in total. The highest BCUT2D eigenvalue weighted by atomic mass is 16.3. The van der Waals surface area contributed by atoms with E-state index in [4.69, 9.17) is 17.2 Å². The molecule has 9 aromatic rings. The van der Waals surface area contributed by atoms with Crippen molar-refractivity contribution in [2.24, 2.45) is 0 Å². The molecule has 0 aliphatic carbocycles. The SMILES string of the molecule is C[N+](C)(C)CCCNc1ccc(Nc2cc(Nc3ccc(N(CCC[N+](C)(C)C)CCC[N+](C)(C)C)cc3)c(O)cc2N)cc1.C[N+](C)(C)CCCNc1ccc(Nc2cc(Nc3ccc(N(CCO)CCO)cc3)c(N)cc2O)cc1.C[N+](C)(C)CCCNc1ccc(Nc2cc(Nc3ccc(NCCC[N+](C)(C)C)cc3)c(O)cc2N)cc1. The number of hydrogen-bond acceptors (Lipinski definition) is 20. The van der Waals surface area contributed by atoms with Gasteiger partial charge in [-0.05, 0) is 164 Å². The van der Waals surface area contributed by atoms with Gasteiger partial charge in [-0.1, -0.05) is 0 Å². The van der Waals surface area contributed by atoms with Gasteiger partial charge in [0.1, 0.15) is 17.2 Å². The third-order valence-electron chi connectivity index (χ3n) is 19.8. The van der Waals surface area contributed by atoms with E-state index in [0.29, 0.717) is 52.9 Å². The number of hydrogen-bond donors (Lipinski definition) is 18. The molecule has 0 saturated heterocycles. The van der Waals surface area contributed by atoms with E-state index in [1.54, 1.807) is 18.2 Å². The lowest BCUT2D eigenvalue weighted by Gasteiger charge is -2.30. The molecule has 26 heteroatoms. The maximum Gasteiger partial charge on any atom is 0.141 e. The molecule has 0 fully saturated rings. The Morgan fingerprint density at radius 1 is 0.242 bits per heavy atom. The summed E-state index contributed by atoms with van der Waals surface area (Å²) in [6, 6.07) is 58.7. The summed E-state index contributed by atoms with van der Waals surface area (Å²) in [5.74, 6) is 0.270. The van der Waals surface area contributed by atoms with Crippen LogP contribution in [0.15, 0.2) is 182 Å². The monoisotopic (exact) mass is 1650 g/mol. The Labute approximate surface area is 717 Å². The van der Waals surface area contributed by atoms with E-state index in [1.807, 2.05) is 114 Å². The van der Waals surface area contributed by atoms with Gasteiger partial charge in [-0.15, -0.1) is 0 Å². The standard InChI is InChI=1S/C36H60N8O.C30H46N7O.C28H40N6O3/c1-42(2,3)24-10-21-38-29-13-15-30(16-14-29)39-34-28-35(36(45)27-33(34)37)40-31-17-19-32(20-18-31)41(22-11-25-43(4,5)6)23-12-26-44(7,8)9;1-36(2,3)19-7-17-32-23-9-13-25(14-10-23)34-28-22-29(30(38)21-27(28)31)35-26-15-11-24(12-16-26)33-18-8-20-37(4,5)6;1-34(2,3)16-4-13-30-21-5-7-22(8-6-21)32-27-20-26(25(29)19-28(27)37)31-23-9-11-24(12-10-23)33(14-17-35)15-18-36/h13-20,27-28,38-40H,10-12,21-26,37H2,1-9H3;9-16,21-22,32-35H,7-8,17-20,31H2,1-6H3;5-12,19-20,30-32,35-36H,4,13-18,29H2,1-3H3/q+2;+1;/p+3. The van der Waals surface area contributed by atoms with Gasteiger partial charge in [-0.2, -0.15) is 0 Å². The number of aromatic hydroxyl groups is 3. The van der Waals surface area contributed by atoms with Crippen molar-refractivity contribution in [3.05, 3.63) is 182 Å². The average Bonchev–Trinajstić information content (AvgIpc) is 0.829. The number of benzene rings is 9. The molecule has 0 aromatic heterocycles. The lowest BCUT2D eigenvalue weighted by atomic mass is 10.2. The lowest BCUT2D eigenvalue weighted by molar-refractivity contribution is -0.870. The van der Waals surface area contributed by atoms with E-state index in [1.165, 1.54) is 11.8 Å². The highest BCUT2D eigenvalue weighted by Gasteiger charge is 2.19. The minimum absolute atomic E-state index is 0.00986. The highest BCUT2D eigenvalue weighted by molar-refractivity contribution is 5.85. The average molecular weight is 1650 g/mol. The van der Waals surface area contributed by atoms with Gasteiger partial charge < -0.3 is 133 Å². The Bertz CT molecular complexity index is 4380. The molecule has 654 valence electrons. The van der Waals surface area contributed by atoms with Crippen molar-refractivity contribution in [1.29, 1.82) is 0 Å². The van der Waals surface area contributed by atoms with E-state index in [0.717, 1.165) is 218 Å². The number of nitrogens with two attached hydrogens (primary N) is 3. The number of phenolic OH excluding ortho intramolecular Hbond substituents is 3. The fourth-order valence-electron chi connectivity index (χ4n) is 13.2. The molecular formula is C94H149N21O5+6. The molecule has 9 aromatic carbocycles. The maximum atomic E-state index is 10.7. The molecule has 0 aliphatic rings. The first-order valence-corrected chi connectivity index (χ1v) is 42.1. The van der Waals surface area contributed by atoms with E-state index >= 15 is 0 Å². The third-order valence-corrected chi connectivity index (χ3v) is 19.8. The van der Waals surface area contributed by atoms with Crippen LogP contribution in [-0.2, 0) is 0 Å². The second-order valence-corrected chi connectivity index (χ2v) is 37.4. The van der Waals surface area contributed by atoms with Crippen LogP contribution in [0, 0.1) is 0 Å². The van der Waals surface area contributed by atoms with E-state index in [2.05, 4.69) is 233 Å². The highest BCUT2D eigenvalue weighted by Crippen LogP contribution is 2.40. The van der Waals surface area contributed by atoms with Crippen molar-refractivity contribution in [3.63, 3.8) is 0 Å². The third kappa shape index (κ3) is 36.7. The number of phenols is 3. The van der Waals surface area contributed by atoms with Crippen molar-refractivity contribution in [1.82, 2.24) is 0 Å². The predicted molar refractivity (Wildman–Crippen MR) is 514 cm³/mol. The minimum atomic E-state index is 0.00986. The second kappa shape index (κ2) is 45.5. The number of nitrogens with one attached hydrogen (secondary N) is 10. The number of nitrogens with zero attached hydrogens (tertiary/aromatic N) is 8. The molecule has 0 unspecified atom stereocenters. The lowest BCUT2D eigenvalue weighted by Crippen LogP contribution is -2.39. The summed E-state index contributed by atoms with van der Waals surface area (Å²) in [6.45, 7) is 13.4. The Hall–Kier alpha value is -10.9. The first kappa shape index (κ1) is 96.2. The Kier molecular flexibility index (Phi) is 36.4. The zero-order valence-corrected chi connectivity index (χ0v) is 75.4. The second-order valence-electron chi connectivity index (χ2n) is 37.4. The molecule has 120 heavy (non-hydrogen) atoms. The minimum Gasteiger partial charge on any atom is -0.506 e. The summed E-state index contributed by atoms with van der Waals surface area (Å²) >= 11 is 0. The van der Waals surface area contributed by atoms with Gasteiger partial charge in [0.05, 0.1) is 231 Å². The molecule has 0 radical (unpaired) electrons. The van der Waals surface area contributed by atoms with Crippen molar-refractivity contribution < 1.29 is 52.4 Å². The number of nitrogen functional groups attached to an aromatic ring is 3. The molecule has 0 atom stereocenters. The summed E-state index contributed by atoms with van der Waals surface area (Å²) in [4.78, 5) is 4.41. The quantitative estimate of drug-likeness (QED) is 0.00554. The number of aliphatic hydroxyl groups excluding tert-OH is 2. The van der Waals surface area contributed by atoms with Crippen LogP contribution in [0.1, 0.15) is 38.5 Å². The van der Waals surface area contributed by atoms with Crippen molar-refractivity contribution in [3.8, 4) is 17.2 Å². The van der Waals surface area contributed by atoms with Crippen LogP contribution in [0.25, 0.3) is 0 Å². The van der Waals surface area contributed by atoms with Gasteiger partial charge in [0, 0.05) is 177 Å². The van der Waals surface area contributed by atoms with Gasteiger partial charge in [0.25, 0.3) is 0 Å². The molecule has 0 saturated carbocycles. The predicted octanol–water partition coefficient (Wildman–Crippen LogP) is 15.2. The van der Waals surface area contributed by atoms with Gasteiger partial charge in [-0.3, -0.25) is 0 Å². The molecule has 0 bridgehead atoms. The van der Waals surface area contributed by atoms with E-state index < -0.39 is 0 Å². The van der Waals surface area contributed by atoms with Crippen molar-refractivity contribution in [2.45, 2.75) is 38.5 Å². The number of anilines is 21. The zero-order valence-electron chi connectivity index (χ0n) is 75.4. The summed E-state index contributed by atoms with van der Waals surface area (Å²) < 4.78 is 5.79. The normalized spacial score (nSPS) is 11.8. The van der Waals surface area contributed by atoms with Crippen molar-refractivity contribution in [2.75, 3.05) is 312 Å². The Balaban J connectivity index is 0.000000250. The summed E-state index contributed by atoms with van der Waals surface area (Å²) in [7, 11) is 40.0. The van der Waals surface area contributed by atoms with Crippen LogP contribution in [0.2, 0.25) is 0 Å². The summed E-state index contributed by atoms with van der Waals surface area (Å²) in [6.07, 6.45) is 6.69. The smallest absolute Gasteiger partial charge is 0.141 e. The Morgan fingerprint density at radius 2 is 0.425 bits per heavy atom. The van der Waals surface area contributed by atoms with Gasteiger partial charge in [0.15, 0.2) is 0 Å². The topological polar surface area (TPSA) is 306 Å². The van der Waals surface area contributed by atoms with Gasteiger partial charge >= 0.3 is 0 Å². The molecule has 0 amide bonds. The molecule has 9 rings (SSSR count). The van der Waals surface area contributed by atoms with Crippen LogP contribution in [0.5, 0.6) is 17.2 Å². The van der Waals surface area contributed by atoms with Gasteiger partial charge in [-0.25, -0.2) is 0 Å². The van der Waals surface area contributed by atoms with Crippen LogP contribution in [0.4, 0.5) is 119 Å². The molecule has 0 spiro atoms. The van der Waals surface area contributed by atoms with Crippen LogP contribution < -0.4 is 80.2 Å².